The number of hydrogen-bond donors (Lipinski definition) is 2. The van der Waals surface area contributed by atoms with E-state index in [2.05, 4.69) is 10.3 Å². The molecule has 0 aliphatic rings. The van der Waals surface area contributed by atoms with E-state index in [0.717, 1.165) is 9.79 Å². The fourth-order valence-electron chi connectivity index (χ4n) is 1.70. The summed E-state index contributed by atoms with van der Waals surface area (Å²) in [6.07, 6.45) is 1.62. The van der Waals surface area contributed by atoms with Gasteiger partial charge in [-0.05, 0) is 26.0 Å². The monoisotopic (exact) mass is 288 g/mol. The van der Waals surface area contributed by atoms with Gasteiger partial charge in [0.2, 0.25) is 0 Å². The van der Waals surface area contributed by atoms with Crippen LogP contribution in [0, 0.1) is 6.92 Å². The van der Waals surface area contributed by atoms with E-state index < -0.39 is 0 Å². The van der Waals surface area contributed by atoms with Gasteiger partial charge in [0.05, 0.1) is 0 Å². The summed E-state index contributed by atoms with van der Waals surface area (Å²) in [5.74, 6) is -0.416. The molecule has 4 nitrogen and oxygen atoms in total. The molecule has 0 saturated heterocycles. The van der Waals surface area contributed by atoms with Crippen LogP contribution in [0.1, 0.15) is 23.0 Å². The molecule has 0 spiro atoms. The van der Waals surface area contributed by atoms with Crippen LogP contribution in [0.2, 0.25) is 0 Å². The van der Waals surface area contributed by atoms with Gasteiger partial charge in [-0.1, -0.05) is 30.0 Å². The number of nitrogens with zero attached hydrogens (tertiary/aromatic N) is 1. The molecule has 20 heavy (non-hydrogen) atoms. The van der Waals surface area contributed by atoms with Gasteiger partial charge in [0.25, 0.3) is 5.91 Å². The third-order valence-electron chi connectivity index (χ3n) is 2.78. The van der Waals surface area contributed by atoms with Crippen molar-refractivity contribution in [2.75, 3.05) is 6.54 Å². The van der Waals surface area contributed by atoms with Gasteiger partial charge in [-0.15, -0.1) is 0 Å². The van der Waals surface area contributed by atoms with E-state index in [1.165, 1.54) is 11.8 Å². The van der Waals surface area contributed by atoms with Gasteiger partial charge in [-0.3, -0.25) is 4.79 Å². The summed E-state index contributed by atoms with van der Waals surface area (Å²) in [5, 5.41) is 12.7. The zero-order valence-corrected chi connectivity index (χ0v) is 12.2. The second-order valence-corrected chi connectivity index (χ2v) is 5.33. The van der Waals surface area contributed by atoms with E-state index in [-0.39, 0.29) is 17.4 Å². The fraction of sp³-hybridized carbons (Fsp3) is 0.200. The fourth-order valence-corrected chi connectivity index (χ4v) is 2.61. The maximum absolute atomic E-state index is 11.7. The molecule has 0 bridgehead atoms. The number of hydrogen-bond acceptors (Lipinski definition) is 4. The van der Waals surface area contributed by atoms with Gasteiger partial charge in [-0.25, -0.2) is 4.98 Å². The number of aromatic nitrogens is 1. The van der Waals surface area contributed by atoms with E-state index in [1.54, 1.807) is 13.1 Å². The summed E-state index contributed by atoms with van der Waals surface area (Å²) >= 11 is 1.51. The zero-order chi connectivity index (χ0) is 14.5. The molecular weight excluding hydrogens is 272 g/mol. The maximum Gasteiger partial charge on any atom is 0.273 e. The number of aromatic hydroxyl groups is 1. The Morgan fingerprint density at radius 2 is 2.05 bits per heavy atom. The lowest BCUT2D eigenvalue weighted by atomic mass is 10.2. The predicted octanol–water partition coefficient (Wildman–Crippen LogP) is 3.00. The molecule has 5 heteroatoms. The molecule has 1 aromatic carbocycles. The van der Waals surface area contributed by atoms with Gasteiger partial charge >= 0.3 is 0 Å². The van der Waals surface area contributed by atoms with Gasteiger partial charge in [-0.2, -0.15) is 0 Å². The topological polar surface area (TPSA) is 62.2 Å². The van der Waals surface area contributed by atoms with Gasteiger partial charge in [0.15, 0.2) is 11.4 Å². The number of nitrogens with one attached hydrogen (secondary N) is 1. The average Bonchev–Trinajstić information content (AvgIpc) is 2.45. The third-order valence-corrected chi connectivity index (χ3v) is 3.92. The molecule has 0 atom stereocenters. The quantitative estimate of drug-likeness (QED) is 0.908. The normalized spacial score (nSPS) is 10.3. The first-order valence-electron chi connectivity index (χ1n) is 6.33. The molecule has 2 N–H and O–H groups in total. The van der Waals surface area contributed by atoms with Crippen molar-refractivity contribution in [2.24, 2.45) is 0 Å². The summed E-state index contributed by atoms with van der Waals surface area (Å²) in [6.45, 7) is 4.10. The van der Waals surface area contributed by atoms with Crippen LogP contribution in [0.15, 0.2) is 46.3 Å². The van der Waals surface area contributed by atoms with Crippen molar-refractivity contribution in [2.45, 2.75) is 23.6 Å². The van der Waals surface area contributed by atoms with Crippen molar-refractivity contribution in [3.8, 4) is 5.75 Å². The lowest BCUT2D eigenvalue weighted by molar-refractivity contribution is 0.0947. The molecule has 1 amide bonds. The minimum Gasteiger partial charge on any atom is -0.505 e. The summed E-state index contributed by atoms with van der Waals surface area (Å²) in [6, 6.07) is 9.82. The number of rotatable bonds is 4. The molecule has 0 aliphatic carbocycles. The second-order valence-electron chi connectivity index (χ2n) is 4.22. The molecule has 2 rings (SSSR count). The van der Waals surface area contributed by atoms with Crippen LogP contribution >= 0.6 is 11.8 Å². The summed E-state index contributed by atoms with van der Waals surface area (Å²) in [5.41, 5.74) is 0.733. The zero-order valence-electron chi connectivity index (χ0n) is 11.4. The van der Waals surface area contributed by atoms with E-state index >= 15 is 0 Å². The first-order chi connectivity index (χ1) is 9.63. The van der Waals surface area contributed by atoms with E-state index in [9.17, 15) is 9.90 Å². The van der Waals surface area contributed by atoms with Crippen LogP contribution in [0.25, 0.3) is 0 Å². The highest BCUT2D eigenvalue weighted by Gasteiger charge is 2.16. The maximum atomic E-state index is 11.7. The first-order valence-corrected chi connectivity index (χ1v) is 7.14. The number of amides is 1. The largest absolute Gasteiger partial charge is 0.505 e. The highest BCUT2D eigenvalue weighted by atomic mass is 32.2. The number of carbonyl (C=O) groups is 1. The molecule has 0 saturated carbocycles. The molecule has 0 unspecified atom stereocenters. The van der Waals surface area contributed by atoms with Crippen molar-refractivity contribution in [3.63, 3.8) is 0 Å². The molecule has 0 radical (unpaired) electrons. The van der Waals surface area contributed by atoms with Crippen molar-refractivity contribution >= 4 is 17.7 Å². The average molecular weight is 288 g/mol. The molecule has 0 aliphatic heterocycles. The minimum absolute atomic E-state index is 0.0584. The second kappa shape index (κ2) is 6.43. The SMILES string of the molecule is CCNC(=O)c1ncc(Sc2ccccc2)c(C)c1O. The van der Waals surface area contributed by atoms with E-state index in [1.807, 2.05) is 37.3 Å². The Labute approximate surface area is 122 Å². The molecule has 104 valence electrons. The molecule has 2 aromatic rings. The lowest BCUT2D eigenvalue weighted by Gasteiger charge is -2.10. The standard InChI is InChI=1S/C15H16N2O2S/c1-3-16-15(19)13-14(18)10(2)12(9-17-13)20-11-7-5-4-6-8-11/h4-9,18H,3H2,1-2H3,(H,16,19). The van der Waals surface area contributed by atoms with Crippen LogP contribution in [0.3, 0.4) is 0 Å². The predicted molar refractivity (Wildman–Crippen MR) is 79.2 cm³/mol. The molecule has 1 heterocycles. The molecular formula is C15H16N2O2S. The van der Waals surface area contributed by atoms with Gasteiger partial charge < -0.3 is 10.4 Å². The lowest BCUT2D eigenvalue weighted by Crippen LogP contribution is -2.24. The van der Waals surface area contributed by atoms with Crippen molar-refractivity contribution < 1.29 is 9.90 Å². The van der Waals surface area contributed by atoms with Crippen LogP contribution in [0.4, 0.5) is 0 Å². The minimum atomic E-state index is -0.357. The summed E-state index contributed by atoms with van der Waals surface area (Å²) in [7, 11) is 0. The Morgan fingerprint density at radius 3 is 2.70 bits per heavy atom. The third kappa shape index (κ3) is 3.11. The number of benzene rings is 1. The highest BCUT2D eigenvalue weighted by Crippen LogP contribution is 2.34. The first kappa shape index (κ1) is 14.4. The Balaban J connectivity index is 2.29. The summed E-state index contributed by atoms with van der Waals surface area (Å²) < 4.78 is 0. The van der Waals surface area contributed by atoms with Crippen LogP contribution < -0.4 is 5.32 Å². The molecule has 1 aromatic heterocycles. The van der Waals surface area contributed by atoms with Gasteiger partial charge in [0.1, 0.15) is 0 Å². The Bertz CT molecular complexity index is 615. The Kier molecular flexibility index (Phi) is 4.63. The number of carbonyl (C=O) groups excluding carboxylic acids is 1. The Hall–Kier alpha value is -2.01. The van der Waals surface area contributed by atoms with Crippen LogP contribution in [-0.4, -0.2) is 22.5 Å². The molecule has 0 fully saturated rings. The van der Waals surface area contributed by atoms with E-state index in [4.69, 9.17) is 0 Å². The smallest absolute Gasteiger partial charge is 0.273 e. The number of pyridine rings is 1. The van der Waals surface area contributed by atoms with Crippen LogP contribution in [0.5, 0.6) is 5.75 Å². The Morgan fingerprint density at radius 1 is 1.35 bits per heavy atom. The highest BCUT2D eigenvalue weighted by molar-refractivity contribution is 7.99. The van der Waals surface area contributed by atoms with Crippen molar-refractivity contribution in [1.82, 2.24) is 10.3 Å². The summed E-state index contributed by atoms with van der Waals surface area (Å²) in [4.78, 5) is 17.7. The van der Waals surface area contributed by atoms with Crippen LogP contribution in [-0.2, 0) is 0 Å². The van der Waals surface area contributed by atoms with E-state index in [0.29, 0.717) is 12.1 Å². The van der Waals surface area contributed by atoms with Gasteiger partial charge in [0, 0.05) is 28.1 Å². The van der Waals surface area contributed by atoms with Crippen molar-refractivity contribution in [1.29, 1.82) is 0 Å². The van der Waals surface area contributed by atoms with Crippen molar-refractivity contribution in [3.05, 3.63) is 47.8 Å².